The summed E-state index contributed by atoms with van der Waals surface area (Å²) in [6.07, 6.45) is 5.69. The molecule has 2 aromatic heterocycles. The van der Waals surface area contributed by atoms with E-state index in [4.69, 9.17) is 15.1 Å². The Bertz CT molecular complexity index is 1020. The number of rotatable bonds is 5. The van der Waals surface area contributed by atoms with E-state index in [1.54, 1.807) is 24.6 Å². The van der Waals surface area contributed by atoms with Crippen molar-refractivity contribution in [3.05, 3.63) is 46.7 Å². The SMILES string of the molecule is CN/C=C(\C=N)Nc1ncc2sc(C)c(-c3cccc4c3OCC4)c2n1. The summed E-state index contributed by atoms with van der Waals surface area (Å²) in [6, 6.07) is 6.29. The summed E-state index contributed by atoms with van der Waals surface area (Å²) in [7, 11) is 1.78. The molecular weight excluding hydrogens is 346 g/mol. The first-order valence-corrected chi connectivity index (χ1v) is 9.19. The second-order valence-electron chi connectivity index (χ2n) is 5.99. The van der Waals surface area contributed by atoms with Gasteiger partial charge < -0.3 is 20.8 Å². The van der Waals surface area contributed by atoms with Crippen LogP contribution in [0.15, 0.2) is 36.3 Å². The summed E-state index contributed by atoms with van der Waals surface area (Å²) in [5.74, 6) is 1.44. The minimum atomic E-state index is 0.468. The van der Waals surface area contributed by atoms with Gasteiger partial charge in [-0.05, 0) is 12.5 Å². The first kappa shape index (κ1) is 16.5. The quantitative estimate of drug-likeness (QED) is 0.600. The summed E-state index contributed by atoms with van der Waals surface area (Å²) in [4.78, 5) is 10.3. The van der Waals surface area contributed by atoms with Gasteiger partial charge in [0.2, 0.25) is 5.95 Å². The summed E-state index contributed by atoms with van der Waals surface area (Å²) < 4.78 is 6.93. The lowest BCUT2D eigenvalue weighted by atomic mass is 10.0. The Kier molecular flexibility index (Phi) is 4.30. The third-order valence-electron chi connectivity index (χ3n) is 4.30. The highest BCUT2D eigenvalue weighted by Crippen LogP contribution is 2.44. The van der Waals surface area contributed by atoms with Gasteiger partial charge in [-0.1, -0.05) is 18.2 Å². The molecule has 0 unspecified atom stereocenters. The van der Waals surface area contributed by atoms with Crippen LogP contribution < -0.4 is 15.4 Å². The highest BCUT2D eigenvalue weighted by atomic mass is 32.1. The van der Waals surface area contributed by atoms with E-state index in [1.807, 2.05) is 6.20 Å². The maximum absolute atomic E-state index is 7.47. The molecule has 1 aliphatic heterocycles. The van der Waals surface area contributed by atoms with Gasteiger partial charge in [0.25, 0.3) is 0 Å². The van der Waals surface area contributed by atoms with Gasteiger partial charge in [-0.3, -0.25) is 0 Å². The molecule has 1 aromatic carbocycles. The first-order valence-electron chi connectivity index (χ1n) is 8.37. The van der Waals surface area contributed by atoms with Crippen molar-refractivity contribution < 1.29 is 4.74 Å². The molecule has 6 nitrogen and oxygen atoms in total. The number of thiophene rings is 1. The molecule has 0 spiro atoms. The lowest BCUT2D eigenvalue weighted by molar-refractivity contribution is 0.358. The average Bonchev–Trinajstić information content (AvgIpc) is 3.24. The standard InChI is InChI=1S/C19H19N5OS/c1-11-16(14-5-3-4-12-6-7-25-18(12)14)17-15(26-11)10-22-19(24-17)23-13(8-20)9-21-2/h3-5,8-10,20-21H,6-7H2,1-2H3,(H,22,23,24)/b13-9+,20-8?. The van der Waals surface area contributed by atoms with E-state index in [-0.39, 0.29) is 0 Å². The number of hydrogen-bond donors (Lipinski definition) is 3. The lowest BCUT2D eigenvalue weighted by Crippen LogP contribution is -2.08. The van der Waals surface area contributed by atoms with E-state index in [2.05, 4.69) is 40.7 Å². The molecule has 0 atom stereocenters. The molecule has 1 aliphatic rings. The van der Waals surface area contributed by atoms with Crippen LogP contribution in [0.3, 0.4) is 0 Å². The van der Waals surface area contributed by atoms with Crippen LogP contribution >= 0.6 is 11.3 Å². The Morgan fingerprint density at radius 1 is 1.38 bits per heavy atom. The first-order chi connectivity index (χ1) is 12.7. The Balaban J connectivity index is 1.84. The van der Waals surface area contributed by atoms with Crippen molar-refractivity contribution in [3.8, 4) is 16.9 Å². The Hall–Kier alpha value is -2.93. The highest BCUT2D eigenvalue weighted by Gasteiger charge is 2.22. The van der Waals surface area contributed by atoms with Crippen LogP contribution in [0.1, 0.15) is 10.4 Å². The van der Waals surface area contributed by atoms with E-state index in [0.717, 1.165) is 40.1 Å². The van der Waals surface area contributed by atoms with E-state index in [0.29, 0.717) is 11.6 Å². The van der Waals surface area contributed by atoms with Gasteiger partial charge in [0.1, 0.15) is 5.75 Å². The molecule has 7 heteroatoms. The topological polar surface area (TPSA) is 82.9 Å². The second kappa shape index (κ2) is 6.76. The maximum Gasteiger partial charge on any atom is 0.227 e. The van der Waals surface area contributed by atoms with Gasteiger partial charge in [-0.2, -0.15) is 0 Å². The highest BCUT2D eigenvalue weighted by molar-refractivity contribution is 7.19. The van der Waals surface area contributed by atoms with Gasteiger partial charge in [-0.15, -0.1) is 11.3 Å². The molecule has 3 aromatic rings. The Morgan fingerprint density at radius 2 is 2.27 bits per heavy atom. The zero-order valence-corrected chi connectivity index (χ0v) is 15.4. The lowest BCUT2D eigenvalue weighted by Gasteiger charge is -2.09. The van der Waals surface area contributed by atoms with E-state index < -0.39 is 0 Å². The van der Waals surface area contributed by atoms with E-state index in [1.165, 1.54) is 16.7 Å². The summed E-state index contributed by atoms with van der Waals surface area (Å²) >= 11 is 1.68. The number of nitrogens with zero attached hydrogens (tertiary/aromatic N) is 2. The van der Waals surface area contributed by atoms with Crippen molar-refractivity contribution in [1.82, 2.24) is 15.3 Å². The Labute approximate surface area is 155 Å². The van der Waals surface area contributed by atoms with Gasteiger partial charge in [0.05, 0.1) is 28.7 Å². The third-order valence-corrected chi connectivity index (χ3v) is 5.33. The van der Waals surface area contributed by atoms with Crippen LogP contribution in [0, 0.1) is 12.3 Å². The van der Waals surface area contributed by atoms with Crippen molar-refractivity contribution in [3.63, 3.8) is 0 Å². The van der Waals surface area contributed by atoms with Crippen molar-refractivity contribution in [1.29, 1.82) is 5.41 Å². The molecule has 0 aliphatic carbocycles. The number of allylic oxidation sites excluding steroid dienone is 1. The number of aromatic nitrogens is 2. The molecule has 0 amide bonds. The number of aryl methyl sites for hydroxylation is 1. The molecule has 0 bridgehead atoms. The number of hydrogen-bond acceptors (Lipinski definition) is 7. The predicted octanol–water partition coefficient (Wildman–Crippen LogP) is 3.72. The third kappa shape index (κ3) is 2.80. The fourth-order valence-corrected chi connectivity index (χ4v) is 4.18. The van der Waals surface area contributed by atoms with Gasteiger partial charge >= 0.3 is 0 Å². The Morgan fingerprint density at radius 3 is 3.08 bits per heavy atom. The van der Waals surface area contributed by atoms with Crippen molar-refractivity contribution in [2.75, 3.05) is 19.0 Å². The molecule has 0 saturated heterocycles. The smallest absolute Gasteiger partial charge is 0.227 e. The van der Waals surface area contributed by atoms with Crippen LogP contribution in [-0.2, 0) is 6.42 Å². The monoisotopic (exact) mass is 365 g/mol. The van der Waals surface area contributed by atoms with Crippen LogP contribution in [0.4, 0.5) is 5.95 Å². The summed E-state index contributed by atoms with van der Waals surface area (Å²) in [6.45, 7) is 2.83. The molecule has 0 saturated carbocycles. The normalized spacial score (nSPS) is 13.4. The molecule has 0 radical (unpaired) electrons. The number of ether oxygens (including phenoxy) is 1. The number of benzene rings is 1. The largest absolute Gasteiger partial charge is 0.492 e. The van der Waals surface area contributed by atoms with Crippen molar-refractivity contribution >= 4 is 33.7 Å². The van der Waals surface area contributed by atoms with Gasteiger partial charge in [0, 0.05) is 41.9 Å². The molecule has 26 heavy (non-hydrogen) atoms. The average molecular weight is 365 g/mol. The molecule has 4 rings (SSSR count). The zero-order chi connectivity index (χ0) is 18.1. The van der Waals surface area contributed by atoms with E-state index >= 15 is 0 Å². The minimum Gasteiger partial charge on any atom is -0.492 e. The molecule has 3 heterocycles. The van der Waals surface area contributed by atoms with Crippen molar-refractivity contribution in [2.45, 2.75) is 13.3 Å². The summed E-state index contributed by atoms with van der Waals surface area (Å²) in [5, 5.41) is 13.4. The molecule has 0 fully saturated rings. The van der Waals surface area contributed by atoms with Crippen LogP contribution in [0.25, 0.3) is 21.3 Å². The number of nitrogens with one attached hydrogen (secondary N) is 3. The predicted molar refractivity (Wildman–Crippen MR) is 106 cm³/mol. The zero-order valence-electron chi connectivity index (χ0n) is 14.6. The van der Waals surface area contributed by atoms with Gasteiger partial charge in [-0.25, -0.2) is 9.97 Å². The fourth-order valence-electron chi connectivity index (χ4n) is 3.20. The maximum atomic E-state index is 7.47. The van der Waals surface area contributed by atoms with Crippen LogP contribution in [0.2, 0.25) is 0 Å². The molecule has 3 N–H and O–H groups in total. The fraction of sp³-hybridized carbons (Fsp3) is 0.211. The van der Waals surface area contributed by atoms with E-state index in [9.17, 15) is 0 Å². The number of fused-ring (bicyclic) bond motifs is 2. The second-order valence-corrected chi connectivity index (χ2v) is 7.25. The number of para-hydroxylation sites is 1. The van der Waals surface area contributed by atoms with Gasteiger partial charge in [0.15, 0.2) is 0 Å². The minimum absolute atomic E-state index is 0.468. The van der Waals surface area contributed by atoms with Crippen LogP contribution in [0.5, 0.6) is 5.75 Å². The van der Waals surface area contributed by atoms with Crippen molar-refractivity contribution in [2.24, 2.45) is 0 Å². The van der Waals surface area contributed by atoms with Crippen LogP contribution in [-0.4, -0.2) is 29.8 Å². The molecular formula is C19H19N5OS. The molecule has 132 valence electrons. The number of anilines is 1. The summed E-state index contributed by atoms with van der Waals surface area (Å²) in [5.41, 5.74) is 4.93.